The molecular formula is C19H15FO3. The van der Waals surface area contributed by atoms with Gasteiger partial charge in [0.15, 0.2) is 5.78 Å². The minimum atomic E-state index is -0.451. The number of fused-ring (bicyclic) bond motifs is 1. The van der Waals surface area contributed by atoms with Crippen molar-refractivity contribution in [2.24, 2.45) is 0 Å². The first-order chi connectivity index (χ1) is 11.1. The molecule has 0 amide bonds. The molecule has 116 valence electrons. The molecule has 23 heavy (non-hydrogen) atoms. The molecule has 0 aromatic heterocycles. The minimum absolute atomic E-state index is 0.276. The van der Waals surface area contributed by atoms with E-state index in [0.717, 1.165) is 5.39 Å². The third kappa shape index (κ3) is 2.75. The maximum Gasteiger partial charge on any atom is 0.197 e. The Morgan fingerprint density at radius 3 is 2.43 bits per heavy atom. The van der Waals surface area contributed by atoms with Gasteiger partial charge in [0, 0.05) is 10.9 Å². The van der Waals surface area contributed by atoms with Crippen LogP contribution < -0.4 is 9.47 Å². The van der Waals surface area contributed by atoms with Crippen LogP contribution in [0.25, 0.3) is 10.8 Å². The van der Waals surface area contributed by atoms with Crippen molar-refractivity contribution in [3.63, 3.8) is 0 Å². The number of halogens is 1. The van der Waals surface area contributed by atoms with Gasteiger partial charge in [0.2, 0.25) is 0 Å². The van der Waals surface area contributed by atoms with Gasteiger partial charge in [0.1, 0.15) is 17.3 Å². The highest BCUT2D eigenvalue weighted by molar-refractivity contribution is 6.18. The van der Waals surface area contributed by atoms with Crippen LogP contribution in [0.5, 0.6) is 11.5 Å². The first-order valence-electron chi connectivity index (χ1n) is 7.09. The van der Waals surface area contributed by atoms with Crippen LogP contribution in [0.4, 0.5) is 4.39 Å². The van der Waals surface area contributed by atoms with E-state index in [9.17, 15) is 9.18 Å². The fraction of sp³-hybridized carbons (Fsp3) is 0.105. The lowest BCUT2D eigenvalue weighted by Crippen LogP contribution is -2.05. The number of carbonyl (C=O) groups is 1. The molecule has 0 fully saturated rings. The van der Waals surface area contributed by atoms with Crippen LogP contribution >= 0.6 is 0 Å². The SMILES string of the molecule is COc1ccc2ccc(OC)c(C(=O)c3cccc(F)c3)c2c1. The normalized spacial score (nSPS) is 10.6. The fourth-order valence-corrected chi connectivity index (χ4v) is 2.58. The number of hydrogen-bond acceptors (Lipinski definition) is 3. The van der Waals surface area contributed by atoms with Crippen molar-refractivity contribution in [3.8, 4) is 11.5 Å². The van der Waals surface area contributed by atoms with Crippen molar-refractivity contribution in [1.82, 2.24) is 0 Å². The van der Waals surface area contributed by atoms with E-state index in [0.29, 0.717) is 22.4 Å². The van der Waals surface area contributed by atoms with Crippen LogP contribution in [0.1, 0.15) is 15.9 Å². The zero-order valence-corrected chi connectivity index (χ0v) is 12.8. The molecule has 0 spiro atoms. The zero-order valence-electron chi connectivity index (χ0n) is 12.8. The number of methoxy groups -OCH3 is 2. The van der Waals surface area contributed by atoms with Gasteiger partial charge in [0.25, 0.3) is 0 Å². The molecular weight excluding hydrogens is 295 g/mol. The molecule has 4 heteroatoms. The van der Waals surface area contributed by atoms with Gasteiger partial charge in [-0.1, -0.05) is 24.3 Å². The summed E-state index contributed by atoms with van der Waals surface area (Å²) in [6, 6.07) is 14.7. The minimum Gasteiger partial charge on any atom is -0.497 e. The van der Waals surface area contributed by atoms with E-state index < -0.39 is 5.82 Å². The van der Waals surface area contributed by atoms with Gasteiger partial charge in [-0.2, -0.15) is 0 Å². The van der Waals surface area contributed by atoms with Gasteiger partial charge in [0.05, 0.1) is 19.8 Å². The molecule has 0 unspecified atom stereocenters. The standard InChI is InChI=1S/C19H15FO3/c1-22-15-8-6-12-7-9-17(23-2)18(16(12)11-15)19(21)13-4-3-5-14(20)10-13/h3-11H,1-2H3. The smallest absolute Gasteiger partial charge is 0.197 e. The van der Waals surface area contributed by atoms with E-state index in [-0.39, 0.29) is 11.3 Å². The van der Waals surface area contributed by atoms with Gasteiger partial charge in [-0.15, -0.1) is 0 Å². The van der Waals surface area contributed by atoms with Gasteiger partial charge in [-0.3, -0.25) is 4.79 Å². The maximum absolute atomic E-state index is 13.5. The molecule has 3 aromatic rings. The second-order valence-electron chi connectivity index (χ2n) is 5.07. The maximum atomic E-state index is 13.5. The summed E-state index contributed by atoms with van der Waals surface area (Å²) in [7, 11) is 3.07. The van der Waals surface area contributed by atoms with Crippen molar-refractivity contribution in [1.29, 1.82) is 0 Å². The highest BCUT2D eigenvalue weighted by atomic mass is 19.1. The Morgan fingerprint density at radius 1 is 0.957 bits per heavy atom. The summed E-state index contributed by atoms with van der Waals surface area (Å²) in [4.78, 5) is 12.9. The quantitative estimate of drug-likeness (QED) is 0.677. The van der Waals surface area contributed by atoms with Crippen molar-refractivity contribution >= 4 is 16.6 Å². The molecule has 3 nitrogen and oxygen atoms in total. The number of ether oxygens (including phenoxy) is 2. The van der Waals surface area contributed by atoms with Gasteiger partial charge >= 0.3 is 0 Å². The van der Waals surface area contributed by atoms with E-state index in [1.165, 1.54) is 25.3 Å². The number of ketones is 1. The molecule has 0 heterocycles. The molecule has 0 saturated carbocycles. The summed E-state index contributed by atoms with van der Waals surface area (Å²) in [6.07, 6.45) is 0. The van der Waals surface area contributed by atoms with Crippen LogP contribution in [0, 0.1) is 5.82 Å². The van der Waals surface area contributed by atoms with E-state index >= 15 is 0 Å². The predicted molar refractivity (Wildman–Crippen MR) is 86.9 cm³/mol. The summed E-state index contributed by atoms with van der Waals surface area (Å²) in [6.45, 7) is 0. The van der Waals surface area contributed by atoms with Crippen molar-refractivity contribution in [3.05, 3.63) is 71.5 Å². The van der Waals surface area contributed by atoms with Gasteiger partial charge in [-0.05, 0) is 35.7 Å². The molecule has 3 rings (SSSR count). The lowest BCUT2D eigenvalue weighted by Gasteiger charge is -2.12. The topological polar surface area (TPSA) is 35.5 Å². The summed E-state index contributed by atoms with van der Waals surface area (Å²) in [5.41, 5.74) is 0.674. The van der Waals surface area contributed by atoms with Gasteiger partial charge < -0.3 is 9.47 Å². The first kappa shape index (κ1) is 15.0. The highest BCUT2D eigenvalue weighted by Gasteiger charge is 2.19. The molecule has 0 aliphatic carbocycles. The Balaban J connectivity index is 2.27. The highest BCUT2D eigenvalue weighted by Crippen LogP contribution is 2.32. The third-order valence-corrected chi connectivity index (χ3v) is 3.72. The number of benzene rings is 3. The fourth-order valence-electron chi connectivity index (χ4n) is 2.58. The Kier molecular flexibility index (Phi) is 3.98. The summed E-state index contributed by atoms with van der Waals surface area (Å²) < 4.78 is 24.0. The number of carbonyl (C=O) groups excluding carboxylic acids is 1. The van der Waals surface area contributed by atoms with Gasteiger partial charge in [-0.25, -0.2) is 4.39 Å². The monoisotopic (exact) mass is 310 g/mol. The predicted octanol–water partition coefficient (Wildman–Crippen LogP) is 4.23. The van der Waals surface area contributed by atoms with Crippen LogP contribution in [-0.2, 0) is 0 Å². The lowest BCUT2D eigenvalue weighted by molar-refractivity contribution is 0.103. The largest absolute Gasteiger partial charge is 0.497 e. The molecule has 3 aromatic carbocycles. The first-order valence-corrected chi connectivity index (χ1v) is 7.09. The average Bonchev–Trinajstić information content (AvgIpc) is 2.59. The molecule has 0 N–H and O–H groups in total. The Hall–Kier alpha value is -2.88. The molecule has 0 saturated heterocycles. The second-order valence-corrected chi connectivity index (χ2v) is 5.07. The average molecular weight is 310 g/mol. The summed E-state index contributed by atoms with van der Waals surface area (Å²) in [5.74, 6) is 0.340. The Bertz CT molecular complexity index is 882. The van der Waals surface area contributed by atoms with Crippen molar-refractivity contribution in [2.45, 2.75) is 0 Å². The van der Waals surface area contributed by atoms with Crippen LogP contribution in [0.3, 0.4) is 0 Å². The molecule has 0 aliphatic rings. The number of hydrogen-bond donors (Lipinski definition) is 0. The van der Waals surface area contributed by atoms with Crippen LogP contribution in [-0.4, -0.2) is 20.0 Å². The third-order valence-electron chi connectivity index (χ3n) is 3.72. The zero-order chi connectivity index (χ0) is 16.4. The number of rotatable bonds is 4. The summed E-state index contributed by atoms with van der Waals surface area (Å²) in [5, 5.41) is 1.59. The van der Waals surface area contributed by atoms with E-state index in [1.54, 1.807) is 25.3 Å². The van der Waals surface area contributed by atoms with E-state index in [2.05, 4.69) is 0 Å². The van der Waals surface area contributed by atoms with Crippen LogP contribution in [0.15, 0.2) is 54.6 Å². The van der Waals surface area contributed by atoms with Crippen LogP contribution in [0.2, 0.25) is 0 Å². The van der Waals surface area contributed by atoms with Crippen molar-refractivity contribution in [2.75, 3.05) is 14.2 Å². The second kappa shape index (κ2) is 6.08. The summed E-state index contributed by atoms with van der Waals surface area (Å²) >= 11 is 0. The van der Waals surface area contributed by atoms with E-state index in [4.69, 9.17) is 9.47 Å². The molecule has 0 aliphatic heterocycles. The van der Waals surface area contributed by atoms with Crippen molar-refractivity contribution < 1.29 is 18.7 Å². The molecule has 0 atom stereocenters. The molecule has 0 bridgehead atoms. The Morgan fingerprint density at radius 2 is 1.74 bits per heavy atom. The van der Waals surface area contributed by atoms with E-state index in [1.807, 2.05) is 18.2 Å². The lowest BCUT2D eigenvalue weighted by atomic mass is 9.96. The Labute approximate surface area is 133 Å². The molecule has 0 radical (unpaired) electrons.